The summed E-state index contributed by atoms with van der Waals surface area (Å²) in [5.41, 5.74) is 4.10. The number of thiophene rings is 1. The van der Waals surface area contributed by atoms with Gasteiger partial charge in [0.2, 0.25) is 0 Å². The molecule has 0 N–H and O–H groups in total. The van der Waals surface area contributed by atoms with Crippen LogP contribution in [0.15, 0.2) is 93.4 Å². The Kier molecular flexibility index (Phi) is 12.1. The number of hydrogen-bond donors (Lipinski definition) is 1. The second-order valence-corrected chi connectivity index (χ2v) is 17.5. The second-order valence-electron chi connectivity index (χ2n) is 15.9. The number of aromatic nitrogens is 2. The van der Waals surface area contributed by atoms with Crippen molar-refractivity contribution in [1.82, 2.24) is 14.0 Å². The summed E-state index contributed by atoms with van der Waals surface area (Å²) >= 11 is 5.95. The Morgan fingerprint density at radius 1 is 0.859 bits per heavy atom. The molecule has 5 heterocycles. The number of nitrogens with zero attached hydrogens (tertiary/aromatic N) is 4. The van der Waals surface area contributed by atoms with E-state index in [9.17, 15) is 23.2 Å². The first-order valence-electron chi connectivity index (χ1n) is 21.1. The topological polar surface area (TPSA) is 123 Å². The van der Waals surface area contributed by atoms with Gasteiger partial charge in [0.15, 0.2) is 23.1 Å². The summed E-state index contributed by atoms with van der Waals surface area (Å²) < 4.78 is 60.3. The average Bonchev–Trinajstić information content (AvgIpc) is 3.76. The molecule has 1 unspecified atom stereocenters. The van der Waals surface area contributed by atoms with E-state index in [1.807, 2.05) is 31.2 Å². The van der Waals surface area contributed by atoms with E-state index in [0.717, 1.165) is 28.8 Å². The number of benzene rings is 4. The van der Waals surface area contributed by atoms with Crippen molar-refractivity contribution in [2.45, 2.75) is 56.2 Å². The Hall–Kier alpha value is -5.97. The van der Waals surface area contributed by atoms with Crippen LogP contribution in [0.3, 0.4) is 0 Å². The maximum atomic E-state index is 14.9. The number of piperidine rings is 1. The Morgan fingerprint density at radius 3 is 2.31 bits per heavy atom. The van der Waals surface area contributed by atoms with Crippen LogP contribution in [0.4, 0.5) is 8.78 Å². The van der Waals surface area contributed by atoms with Crippen LogP contribution in [0.5, 0.6) is 23.0 Å². The largest absolute Gasteiger partial charge is 0.496 e. The summed E-state index contributed by atoms with van der Waals surface area (Å²) in [6.07, 6.45) is 1.44. The highest BCUT2D eigenvalue weighted by Crippen LogP contribution is 2.45. The minimum Gasteiger partial charge on any atom is -0.496 e. The zero-order valence-corrected chi connectivity index (χ0v) is 37.3. The fraction of sp³-hybridized carbons (Fsp3) is 0.333. The van der Waals surface area contributed by atoms with Crippen LogP contribution in [-0.2, 0) is 11.3 Å². The normalized spacial score (nSPS) is 18.6. The highest BCUT2D eigenvalue weighted by Gasteiger charge is 2.40. The Labute approximate surface area is 377 Å². The number of ether oxygens (including phenoxy) is 5. The summed E-state index contributed by atoms with van der Waals surface area (Å²) in [5, 5.41) is 0. The number of carbonyl (C=O) groups is 1. The van der Waals surface area contributed by atoms with Gasteiger partial charge in [-0.25, -0.2) is 13.6 Å². The second kappa shape index (κ2) is 17.9. The number of rotatable bonds is 11. The van der Waals surface area contributed by atoms with Crippen molar-refractivity contribution in [3.8, 4) is 33.4 Å². The summed E-state index contributed by atoms with van der Waals surface area (Å²) in [6.45, 7) is 3.53. The molecular formula is C48H46F2N4O8S2. The van der Waals surface area contributed by atoms with Crippen molar-refractivity contribution < 1.29 is 37.3 Å². The van der Waals surface area contributed by atoms with Gasteiger partial charge >= 0.3 is 5.69 Å². The standard InChI is InChI=1S/C48H46F2N4O8S2/c1-5-61-40-22-32-33(23-39(40)60-4)43(51-35-16-19-62-47(63)42(32)35)27-7-9-28(10-8-27)45(55)52-17-14-30(15-18-52)54-46(56)44-36(24-41(64-44)31-12-11-29(49)21-38(31)59-3)53(48(54)57)25-26-6-13-37(58-2)34(50)20-26/h6-13,20-24,30,35,42,47,63H,5,14-19,25H2,1-4H3/t35-,42-,47?/m1/s1. The number of aliphatic imine (C=N–C) groups is 1. The van der Waals surface area contributed by atoms with Crippen molar-refractivity contribution >= 4 is 45.8 Å². The van der Waals surface area contributed by atoms with Gasteiger partial charge in [-0.1, -0.05) is 18.2 Å². The van der Waals surface area contributed by atoms with E-state index in [1.165, 1.54) is 59.0 Å². The molecule has 3 aliphatic heterocycles. The van der Waals surface area contributed by atoms with Crippen molar-refractivity contribution in [2.75, 3.05) is 47.6 Å². The van der Waals surface area contributed by atoms with Gasteiger partial charge in [0, 0.05) is 58.2 Å². The molecule has 16 heteroatoms. The fourth-order valence-corrected chi connectivity index (χ4v) is 10.7. The molecule has 1 amide bonds. The van der Waals surface area contributed by atoms with Crippen LogP contribution < -0.4 is 30.2 Å². The van der Waals surface area contributed by atoms with Crippen molar-refractivity contribution in [3.05, 3.63) is 139 Å². The number of fused-ring (bicyclic) bond motifs is 4. The maximum Gasteiger partial charge on any atom is 0.332 e. The molecule has 0 saturated carbocycles. The third kappa shape index (κ3) is 7.85. The number of likely N-dealkylation sites (tertiary alicyclic amines) is 1. The summed E-state index contributed by atoms with van der Waals surface area (Å²) in [4.78, 5) is 50.5. The molecule has 2 fully saturated rings. The molecule has 64 heavy (non-hydrogen) atoms. The first-order chi connectivity index (χ1) is 31.0. The summed E-state index contributed by atoms with van der Waals surface area (Å²) in [7, 11) is 4.41. The van der Waals surface area contributed by atoms with Crippen LogP contribution in [0.2, 0.25) is 0 Å². The molecule has 4 aromatic carbocycles. The number of amides is 1. The van der Waals surface area contributed by atoms with E-state index in [2.05, 4.69) is 0 Å². The smallest absolute Gasteiger partial charge is 0.332 e. The number of thiol groups is 1. The molecule has 0 bridgehead atoms. The lowest BCUT2D eigenvalue weighted by atomic mass is 9.80. The van der Waals surface area contributed by atoms with Crippen LogP contribution >= 0.6 is 24.0 Å². The zero-order chi connectivity index (χ0) is 44.8. The minimum absolute atomic E-state index is 0.0359. The van der Waals surface area contributed by atoms with E-state index in [4.69, 9.17) is 41.3 Å². The highest BCUT2D eigenvalue weighted by molar-refractivity contribution is 7.80. The highest BCUT2D eigenvalue weighted by atomic mass is 32.1. The molecule has 0 radical (unpaired) electrons. The molecule has 2 saturated heterocycles. The van der Waals surface area contributed by atoms with Gasteiger partial charge < -0.3 is 28.6 Å². The van der Waals surface area contributed by atoms with Crippen molar-refractivity contribution in [1.29, 1.82) is 0 Å². The number of halogens is 2. The van der Waals surface area contributed by atoms with Crippen LogP contribution in [0, 0.1) is 11.6 Å². The lowest BCUT2D eigenvalue weighted by Gasteiger charge is -2.39. The van der Waals surface area contributed by atoms with E-state index in [0.29, 0.717) is 82.4 Å². The molecule has 6 aromatic rings. The van der Waals surface area contributed by atoms with Gasteiger partial charge in [-0.3, -0.25) is 23.7 Å². The number of carbonyl (C=O) groups excluding carboxylic acids is 1. The Bertz CT molecular complexity index is 2920. The number of hydrogen-bond acceptors (Lipinski definition) is 11. The Balaban J connectivity index is 0.990. The van der Waals surface area contributed by atoms with E-state index in [1.54, 1.807) is 42.3 Å². The minimum atomic E-state index is -0.586. The molecular weight excluding hydrogens is 863 g/mol. The molecule has 12 nitrogen and oxygen atoms in total. The van der Waals surface area contributed by atoms with Gasteiger partial charge in [-0.05, 0) is 91.9 Å². The fourth-order valence-electron chi connectivity index (χ4n) is 9.15. The molecule has 3 atom stereocenters. The van der Waals surface area contributed by atoms with E-state index in [-0.39, 0.29) is 41.3 Å². The summed E-state index contributed by atoms with van der Waals surface area (Å²) in [6, 6.07) is 21.1. The third-order valence-corrected chi connectivity index (χ3v) is 13.9. The predicted octanol–water partition coefficient (Wildman–Crippen LogP) is 8.10. The SMILES string of the molecule is CCOc1cc2c(cc1OC)C(c1ccc(C(=O)N3CCC(n4c(=O)c5sc(-c6ccc(F)cc6OC)cc5n(Cc5ccc(OC)c(F)c5)c4=O)CC3)cc1)=N[C@@H]1CCOC(S)[C@H]21. The molecule has 9 rings (SSSR count). The predicted molar refractivity (Wildman–Crippen MR) is 245 cm³/mol. The zero-order valence-electron chi connectivity index (χ0n) is 35.6. The van der Waals surface area contributed by atoms with E-state index < -0.39 is 28.9 Å². The van der Waals surface area contributed by atoms with Gasteiger partial charge in [0.25, 0.3) is 11.5 Å². The van der Waals surface area contributed by atoms with Crippen molar-refractivity contribution in [3.63, 3.8) is 0 Å². The first kappa shape index (κ1) is 43.3. The molecule has 2 aromatic heterocycles. The third-order valence-electron chi connectivity index (χ3n) is 12.3. The lowest BCUT2D eigenvalue weighted by Crippen LogP contribution is -2.46. The van der Waals surface area contributed by atoms with Crippen LogP contribution in [0.1, 0.15) is 70.8 Å². The molecule has 0 spiro atoms. The average molecular weight is 909 g/mol. The molecule has 3 aliphatic rings. The maximum absolute atomic E-state index is 14.9. The summed E-state index contributed by atoms with van der Waals surface area (Å²) in [5.74, 6) is 0.261. The number of methoxy groups -OCH3 is 3. The lowest BCUT2D eigenvalue weighted by molar-refractivity contribution is 0.0463. The van der Waals surface area contributed by atoms with Gasteiger partial charge in [-0.2, -0.15) is 0 Å². The van der Waals surface area contributed by atoms with Gasteiger partial charge in [0.1, 0.15) is 21.7 Å². The first-order valence-corrected chi connectivity index (χ1v) is 22.4. The quantitative estimate of drug-likeness (QED) is 0.130. The van der Waals surface area contributed by atoms with Gasteiger partial charge in [-0.15, -0.1) is 24.0 Å². The van der Waals surface area contributed by atoms with E-state index >= 15 is 0 Å². The molecule has 0 aliphatic carbocycles. The Morgan fingerprint density at radius 2 is 1.61 bits per heavy atom. The van der Waals surface area contributed by atoms with Crippen LogP contribution in [0.25, 0.3) is 20.7 Å². The van der Waals surface area contributed by atoms with Gasteiger partial charge in [0.05, 0.1) is 58.4 Å². The van der Waals surface area contributed by atoms with Crippen LogP contribution in [-0.4, -0.2) is 84.8 Å². The van der Waals surface area contributed by atoms with Crippen molar-refractivity contribution in [2.24, 2.45) is 4.99 Å². The monoisotopic (exact) mass is 908 g/mol. The molecule has 332 valence electrons.